The molecule has 0 spiro atoms. The highest BCUT2D eigenvalue weighted by molar-refractivity contribution is 6.42. The first kappa shape index (κ1) is 30.0. The van der Waals surface area contributed by atoms with Crippen molar-refractivity contribution in [3.05, 3.63) is 116 Å². The fraction of sp³-hybridized carbons (Fsp3) is 0.0690. The van der Waals surface area contributed by atoms with Gasteiger partial charge in [-0.25, -0.2) is 10.2 Å². The average molecular weight is 634 g/mol. The highest BCUT2D eigenvalue weighted by Crippen LogP contribution is 2.29. The number of esters is 1. The van der Waals surface area contributed by atoms with E-state index in [4.69, 9.17) is 65.4 Å². The molecule has 210 valence electrons. The van der Waals surface area contributed by atoms with Gasteiger partial charge in [0, 0.05) is 10.0 Å². The van der Waals surface area contributed by atoms with Crippen LogP contribution in [0.25, 0.3) is 0 Å². The van der Waals surface area contributed by atoms with E-state index in [1.54, 1.807) is 60.7 Å². The van der Waals surface area contributed by atoms with Gasteiger partial charge in [0.1, 0.15) is 11.5 Å². The Morgan fingerprint density at radius 2 is 1.37 bits per heavy atom. The van der Waals surface area contributed by atoms with Crippen LogP contribution < -0.4 is 24.4 Å². The van der Waals surface area contributed by atoms with Gasteiger partial charge in [0.05, 0.1) is 28.9 Å². The highest BCUT2D eigenvalue weighted by atomic mass is 35.5. The molecule has 1 N–H and O–H groups in total. The molecule has 0 unspecified atom stereocenters. The van der Waals surface area contributed by atoms with Gasteiger partial charge < -0.3 is 18.9 Å². The fourth-order valence-corrected chi connectivity index (χ4v) is 3.81. The molecule has 0 radical (unpaired) electrons. The van der Waals surface area contributed by atoms with Crippen LogP contribution in [-0.4, -0.2) is 31.5 Å². The lowest BCUT2D eigenvalue weighted by molar-refractivity contribution is -0.140. The maximum Gasteiger partial charge on any atom is 0.343 e. The zero-order valence-corrected chi connectivity index (χ0v) is 24.2. The van der Waals surface area contributed by atoms with Crippen molar-refractivity contribution >= 4 is 64.5 Å². The van der Waals surface area contributed by atoms with Crippen molar-refractivity contribution in [2.45, 2.75) is 6.29 Å². The Morgan fingerprint density at radius 1 is 0.756 bits per heavy atom. The van der Waals surface area contributed by atoms with E-state index in [1.807, 2.05) is 0 Å². The maximum absolute atomic E-state index is 12.9. The van der Waals surface area contributed by atoms with E-state index in [-0.39, 0.29) is 22.1 Å². The van der Waals surface area contributed by atoms with Crippen molar-refractivity contribution < 1.29 is 28.5 Å². The Morgan fingerprint density at radius 3 is 1.93 bits per heavy atom. The van der Waals surface area contributed by atoms with E-state index in [1.165, 1.54) is 37.6 Å². The Labute approximate surface area is 255 Å². The molecule has 0 bridgehead atoms. The summed E-state index contributed by atoms with van der Waals surface area (Å²) < 4.78 is 22.2. The number of carbonyl (C=O) groups excluding carboxylic acids is 2. The molecular weight excluding hydrogens is 614 g/mol. The lowest BCUT2D eigenvalue weighted by atomic mass is 10.2. The van der Waals surface area contributed by atoms with Crippen molar-refractivity contribution in [3.8, 4) is 23.0 Å². The maximum atomic E-state index is 12.9. The number of methoxy groups -OCH3 is 1. The van der Waals surface area contributed by atoms with Gasteiger partial charge in [0.2, 0.25) is 0 Å². The van der Waals surface area contributed by atoms with E-state index in [0.29, 0.717) is 32.1 Å². The van der Waals surface area contributed by atoms with Crippen LogP contribution in [0.15, 0.2) is 90.0 Å². The summed E-state index contributed by atoms with van der Waals surface area (Å²) in [5.41, 5.74) is 3.14. The number of halogens is 4. The number of rotatable bonds is 10. The number of ether oxygens (including phenoxy) is 4. The second-order valence-electron chi connectivity index (χ2n) is 8.14. The summed E-state index contributed by atoms with van der Waals surface area (Å²) in [4.78, 5) is 25.5. The molecule has 12 heteroatoms. The second-order valence-corrected chi connectivity index (χ2v) is 9.83. The Balaban J connectivity index is 1.44. The van der Waals surface area contributed by atoms with Crippen LogP contribution in [-0.2, 0) is 4.79 Å². The number of carbonyl (C=O) groups is 2. The lowest BCUT2D eigenvalue weighted by Gasteiger charge is -2.19. The van der Waals surface area contributed by atoms with Crippen molar-refractivity contribution in [2.75, 3.05) is 7.11 Å². The minimum Gasteiger partial charge on any atom is -0.493 e. The summed E-state index contributed by atoms with van der Waals surface area (Å²) in [5.74, 6) is -0.221. The predicted octanol–water partition coefficient (Wildman–Crippen LogP) is 7.46. The van der Waals surface area contributed by atoms with Crippen LogP contribution in [0, 0.1) is 0 Å². The summed E-state index contributed by atoms with van der Waals surface area (Å²) in [6.07, 6.45) is -0.0284. The first-order valence-electron chi connectivity index (χ1n) is 11.7. The minimum atomic E-state index is -1.40. The monoisotopic (exact) mass is 632 g/mol. The molecule has 4 aromatic rings. The molecule has 0 aliphatic heterocycles. The van der Waals surface area contributed by atoms with E-state index >= 15 is 0 Å². The fourth-order valence-electron chi connectivity index (χ4n) is 3.26. The van der Waals surface area contributed by atoms with Crippen LogP contribution in [0.1, 0.15) is 15.9 Å². The third kappa shape index (κ3) is 8.52. The van der Waals surface area contributed by atoms with Gasteiger partial charge in [-0.05, 0) is 90.5 Å². The number of benzene rings is 4. The molecule has 0 saturated carbocycles. The number of hydrazone groups is 1. The number of amides is 1. The Bertz CT molecular complexity index is 1520. The van der Waals surface area contributed by atoms with Crippen LogP contribution in [0.3, 0.4) is 0 Å². The third-order valence-corrected chi connectivity index (χ3v) is 6.50. The molecule has 41 heavy (non-hydrogen) atoms. The summed E-state index contributed by atoms with van der Waals surface area (Å²) in [6.45, 7) is 0. The molecule has 0 saturated heterocycles. The van der Waals surface area contributed by atoms with E-state index in [0.717, 1.165) is 0 Å². The average Bonchev–Trinajstić information content (AvgIpc) is 2.97. The molecule has 0 aromatic heterocycles. The van der Waals surface area contributed by atoms with Gasteiger partial charge in [-0.1, -0.05) is 46.4 Å². The molecule has 0 aliphatic carbocycles. The van der Waals surface area contributed by atoms with Crippen molar-refractivity contribution in [1.29, 1.82) is 0 Å². The molecule has 0 aliphatic rings. The van der Waals surface area contributed by atoms with Gasteiger partial charge in [-0.2, -0.15) is 5.10 Å². The number of nitrogens with one attached hydrogen (secondary N) is 1. The highest BCUT2D eigenvalue weighted by Gasteiger charge is 2.23. The quantitative estimate of drug-likeness (QED) is 0.0640. The molecule has 0 heterocycles. The molecule has 0 atom stereocenters. The summed E-state index contributed by atoms with van der Waals surface area (Å²) >= 11 is 23.8. The van der Waals surface area contributed by atoms with Crippen LogP contribution in [0.2, 0.25) is 20.1 Å². The van der Waals surface area contributed by atoms with Gasteiger partial charge in [-0.3, -0.25) is 4.79 Å². The van der Waals surface area contributed by atoms with Gasteiger partial charge in [0.15, 0.2) is 11.5 Å². The standard InChI is InChI=1S/C29H20Cl4N2O6/c1-38-26-14-17(2-13-25(26)41-28(37)18-3-12-23(32)24(33)15-18)16-34-35-27(36)29(39-21-8-4-19(30)5-9-21)40-22-10-6-20(31)7-11-22/h2-16,29H,1H3,(H,35,36)/b34-16+. The first-order chi connectivity index (χ1) is 19.7. The predicted molar refractivity (Wildman–Crippen MR) is 158 cm³/mol. The van der Waals surface area contributed by atoms with Gasteiger partial charge >= 0.3 is 18.2 Å². The van der Waals surface area contributed by atoms with E-state index in [9.17, 15) is 9.59 Å². The molecular formula is C29H20Cl4N2O6. The lowest BCUT2D eigenvalue weighted by Crippen LogP contribution is -2.40. The largest absolute Gasteiger partial charge is 0.493 e. The van der Waals surface area contributed by atoms with E-state index in [2.05, 4.69) is 10.5 Å². The summed E-state index contributed by atoms with van der Waals surface area (Å²) in [6, 6.07) is 21.9. The minimum absolute atomic E-state index is 0.164. The van der Waals surface area contributed by atoms with Crippen LogP contribution in [0.4, 0.5) is 0 Å². The SMILES string of the molecule is COc1cc(/C=N/NC(=O)C(Oc2ccc(Cl)cc2)Oc2ccc(Cl)cc2)ccc1OC(=O)c1ccc(Cl)c(Cl)c1. The molecule has 0 fully saturated rings. The second kappa shape index (κ2) is 14.1. The topological polar surface area (TPSA) is 95.5 Å². The molecule has 4 aromatic carbocycles. The zero-order valence-electron chi connectivity index (χ0n) is 21.1. The van der Waals surface area contributed by atoms with Crippen molar-refractivity contribution in [3.63, 3.8) is 0 Å². The Hall–Kier alpha value is -3.95. The first-order valence-corrected chi connectivity index (χ1v) is 13.3. The summed E-state index contributed by atoms with van der Waals surface area (Å²) in [7, 11) is 1.42. The number of hydrogen-bond donors (Lipinski definition) is 1. The zero-order chi connectivity index (χ0) is 29.4. The van der Waals surface area contributed by atoms with Crippen molar-refractivity contribution in [1.82, 2.24) is 5.43 Å². The molecule has 1 amide bonds. The van der Waals surface area contributed by atoms with Gasteiger partial charge in [0.25, 0.3) is 0 Å². The van der Waals surface area contributed by atoms with Crippen molar-refractivity contribution in [2.24, 2.45) is 5.10 Å². The molecule has 8 nitrogen and oxygen atoms in total. The summed E-state index contributed by atoms with van der Waals surface area (Å²) in [5, 5.41) is 5.54. The van der Waals surface area contributed by atoms with E-state index < -0.39 is 18.2 Å². The smallest absolute Gasteiger partial charge is 0.343 e. The normalized spacial score (nSPS) is 10.9. The number of hydrogen-bond acceptors (Lipinski definition) is 7. The Kier molecular flexibility index (Phi) is 10.3. The van der Waals surface area contributed by atoms with Crippen LogP contribution in [0.5, 0.6) is 23.0 Å². The van der Waals surface area contributed by atoms with Crippen LogP contribution >= 0.6 is 46.4 Å². The third-order valence-electron chi connectivity index (χ3n) is 5.26. The number of nitrogens with zero attached hydrogens (tertiary/aromatic N) is 1. The molecule has 4 rings (SSSR count). The van der Waals surface area contributed by atoms with Gasteiger partial charge in [-0.15, -0.1) is 0 Å².